The van der Waals surface area contributed by atoms with Crippen molar-refractivity contribution < 1.29 is 0 Å². The first-order valence-corrected chi connectivity index (χ1v) is 17.5. The normalized spacial score (nSPS) is 11.6. The number of hydrogen-bond donors (Lipinski definition) is 0. The van der Waals surface area contributed by atoms with Gasteiger partial charge >= 0.3 is 0 Å². The van der Waals surface area contributed by atoms with Crippen molar-refractivity contribution in [2.45, 2.75) is 0 Å². The average Bonchev–Trinajstić information content (AvgIpc) is 3.74. The van der Waals surface area contributed by atoms with Crippen molar-refractivity contribution in [2.24, 2.45) is 0 Å². The summed E-state index contributed by atoms with van der Waals surface area (Å²) < 4.78 is 4.77. The number of rotatable bonds is 5. The van der Waals surface area contributed by atoms with Crippen LogP contribution in [0.2, 0.25) is 0 Å². The van der Waals surface area contributed by atoms with Crippen LogP contribution in [0, 0.1) is 0 Å². The highest BCUT2D eigenvalue weighted by Crippen LogP contribution is 2.43. The van der Waals surface area contributed by atoms with Crippen LogP contribution in [-0.2, 0) is 0 Å². The summed E-state index contributed by atoms with van der Waals surface area (Å²) in [5.74, 6) is 1.85. The number of fused-ring (bicyclic) bond motifs is 7. The van der Waals surface area contributed by atoms with Gasteiger partial charge in [-0.1, -0.05) is 146 Å². The fourth-order valence-corrected chi connectivity index (χ4v) is 8.21. The first-order valence-electron chi connectivity index (χ1n) is 16.7. The van der Waals surface area contributed by atoms with Gasteiger partial charge in [0.05, 0.1) is 11.0 Å². The molecule has 7 aromatic carbocycles. The van der Waals surface area contributed by atoms with Crippen LogP contribution in [0.1, 0.15) is 0 Å². The Morgan fingerprint density at radius 1 is 0.340 bits per heavy atom. The maximum Gasteiger partial charge on any atom is 0.238 e. The Bertz CT molecular complexity index is 2740. The van der Waals surface area contributed by atoms with E-state index < -0.39 is 0 Å². The van der Waals surface area contributed by atoms with Gasteiger partial charge in [0.15, 0.2) is 11.6 Å². The van der Waals surface area contributed by atoms with Gasteiger partial charge in [-0.05, 0) is 46.5 Å². The van der Waals surface area contributed by atoms with E-state index in [1.165, 1.54) is 42.1 Å². The molecule has 0 bridgehead atoms. The molecule has 0 aliphatic heterocycles. The van der Waals surface area contributed by atoms with Gasteiger partial charge in [0.2, 0.25) is 5.95 Å². The molecule has 0 spiro atoms. The molecule has 10 aromatic rings. The highest BCUT2D eigenvalue weighted by Gasteiger charge is 2.21. The van der Waals surface area contributed by atoms with Crippen LogP contribution < -0.4 is 0 Å². The van der Waals surface area contributed by atoms with Crippen molar-refractivity contribution in [3.63, 3.8) is 0 Å². The lowest BCUT2D eigenvalue weighted by Crippen LogP contribution is -2.06. The average molecular weight is 657 g/mol. The summed E-state index contributed by atoms with van der Waals surface area (Å²) in [5.41, 5.74) is 8.64. The fourth-order valence-electron chi connectivity index (χ4n) is 7.10. The van der Waals surface area contributed by atoms with Crippen molar-refractivity contribution in [3.05, 3.63) is 170 Å². The van der Waals surface area contributed by atoms with Crippen molar-refractivity contribution in [1.29, 1.82) is 0 Å². The quantitative estimate of drug-likeness (QED) is 0.185. The van der Waals surface area contributed by atoms with Gasteiger partial charge in [-0.25, -0.2) is 4.98 Å². The summed E-state index contributed by atoms with van der Waals surface area (Å²) in [4.78, 5) is 15.5. The van der Waals surface area contributed by atoms with Crippen LogP contribution in [0.4, 0.5) is 0 Å². The monoisotopic (exact) mass is 656 g/mol. The van der Waals surface area contributed by atoms with Crippen LogP contribution in [-0.4, -0.2) is 19.5 Å². The number of nitrogens with zero attached hydrogens (tertiary/aromatic N) is 4. The van der Waals surface area contributed by atoms with E-state index in [1.54, 1.807) is 0 Å². The van der Waals surface area contributed by atoms with Crippen LogP contribution in [0.25, 0.3) is 93.0 Å². The maximum absolute atomic E-state index is 5.21. The van der Waals surface area contributed by atoms with Gasteiger partial charge in [0, 0.05) is 42.1 Å². The molecular weight excluding hydrogens is 629 g/mol. The molecule has 0 radical (unpaired) electrons. The van der Waals surface area contributed by atoms with E-state index in [0.29, 0.717) is 17.6 Å². The summed E-state index contributed by atoms with van der Waals surface area (Å²) in [6.07, 6.45) is 0. The van der Waals surface area contributed by atoms with Crippen LogP contribution in [0.5, 0.6) is 0 Å². The molecule has 5 heteroatoms. The Labute approximate surface area is 292 Å². The van der Waals surface area contributed by atoms with E-state index in [2.05, 4.69) is 162 Å². The topological polar surface area (TPSA) is 43.6 Å². The molecule has 3 heterocycles. The third-order valence-electron chi connectivity index (χ3n) is 9.50. The molecule has 4 nitrogen and oxygen atoms in total. The van der Waals surface area contributed by atoms with E-state index in [1.807, 2.05) is 23.5 Å². The van der Waals surface area contributed by atoms with E-state index in [9.17, 15) is 0 Å². The first-order chi connectivity index (χ1) is 24.8. The minimum atomic E-state index is 0.592. The minimum absolute atomic E-state index is 0.592. The third kappa shape index (κ3) is 4.71. The molecule has 10 rings (SSSR count). The SMILES string of the molecule is c1ccc(-c2ccc(-c3nc(-c4ccc(-c5ccccc5)cc4)nc(-n4c5ccccc5c5c6c(ccc54)sc4ccccc46)n3)cc2)cc1. The second-order valence-corrected chi connectivity index (χ2v) is 13.5. The molecule has 234 valence electrons. The number of hydrogen-bond acceptors (Lipinski definition) is 4. The minimum Gasteiger partial charge on any atom is -0.278 e. The molecule has 0 saturated heterocycles. The zero-order chi connectivity index (χ0) is 33.0. The van der Waals surface area contributed by atoms with Crippen molar-refractivity contribution in [1.82, 2.24) is 19.5 Å². The fraction of sp³-hybridized carbons (Fsp3) is 0. The van der Waals surface area contributed by atoms with Crippen LogP contribution in [0.3, 0.4) is 0 Å². The summed E-state index contributed by atoms with van der Waals surface area (Å²) >= 11 is 1.84. The van der Waals surface area contributed by atoms with Gasteiger partial charge in [-0.15, -0.1) is 11.3 Å². The number of benzene rings is 7. The second kappa shape index (κ2) is 11.6. The summed E-state index contributed by atoms with van der Waals surface area (Å²) in [7, 11) is 0. The van der Waals surface area contributed by atoms with Crippen LogP contribution >= 0.6 is 11.3 Å². The molecule has 3 aromatic heterocycles. The zero-order valence-corrected chi connectivity index (χ0v) is 27.7. The molecule has 0 fully saturated rings. The summed E-state index contributed by atoms with van der Waals surface area (Å²) in [5, 5.41) is 4.95. The Hall–Kier alpha value is -6.43. The lowest BCUT2D eigenvalue weighted by molar-refractivity contribution is 0.954. The highest BCUT2D eigenvalue weighted by molar-refractivity contribution is 7.26. The van der Waals surface area contributed by atoms with Crippen molar-refractivity contribution in [3.8, 4) is 51.0 Å². The molecule has 50 heavy (non-hydrogen) atoms. The second-order valence-electron chi connectivity index (χ2n) is 12.5. The summed E-state index contributed by atoms with van der Waals surface area (Å²) in [6, 6.07) is 59.6. The third-order valence-corrected chi connectivity index (χ3v) is 10.6. The van der Waals surface area contributed by atoms with E-state index in [-0.39, 0.29) is 0 Å². The van der Waals surface area contributed by atoms with Gasteiger partial charge in [0.25, 0.3) is 0 Å². The molecule has 0 unspecified atom stereocenters. The highest BCUT2D eigenvalue weighted by atomic mass is 32.1. The van der Waals surface area contributed by atoms with E-state index in [4.69, 9.17) is 15.0 Å². The standard InChI is InChI=1S/C45H28N4S/c1-3-11-29(12-4-1)31-19-23-33(24-20-31)43-46-44(34-25-21-32(22-26-34)30-13-5-2-6-14-30)48-45(47-43)49-37-17-9-7-15-35(37)41-38(49)27-28-40-42(41)36-16-8-10-18-39(36)50-40/h1-28H. The number of thiophene rings is 1. The molecule has 0 aliphatic rings. The van der Waals surface area contributed by atoms with Crippen LogP contribution in [0.15, 0.2) is 170 Å². The Morgan fingerprint density at radius 2 is 0.840 bits per heavy atom. The largest absolute Gasteiger partial charge is 0.278 e. The lowest BCUT2D eigenvalue weighted by Gasteiger charge is -2.12. The van der Waals surface area contributed by atoms with Gasteiger partial charge in [-0.3, -0.25) is 4.57 Å². The molecule has 0 amide bonds. The summed E-state index contributed by atoms with van der Waals surface area (Å²) in [6.45, 7) is 0. The molecule has 0 aliphatic carbocycles. The lowest BCUT2D eigenvalue weighted by atomic mass is 10.0. The van der Waals surface area contributed by atoms with Gasteiger partial charge < -0.3 is 0 Å². The Morgan fingerprint density at radius 3 is 1.46 bits per heavy atom. The van der Waals surface area contributed by atoms with Crippen molar-refractivity contribution in [2.75, 3.05) is 0 Å². The number of aromatic nitrogens is 4. The molecule has 0 N–H and O–H groups in total. The molecule has 0 atom stereocenters. The smallest absolute Gasteiger partial charge is 0.238 e. The molecule has 0 saturated carbocycles. The van der Waals surface area contributed by atoms with E-state index in [0.717, 1.165) is 33.3 Å². The maximum atomic E-state index is 5.21. The Kier molecular flexibility index (Phi) is 6.64. The predicted octanol–water partition coefficient (Wildman–Crippen LogP) is 12.0. The van der Waals surface area contributed by atoms with E-state index >= 15 is 0 Å². The predicted molar refractivity (Wildman–Crippen MR) is 209 cm³/mol. The molecular formula is C45H28N4S. The van der Waals surface area contributed by atoms with Gasteiger partial charge in [-0.2, -0.15) is 9.97 Å². The van der Waals surface area contributed by atoms with Gasteiger partial charge in [0.1, 0.15) is 0 Å². The Balaban J connectivity index is 1.20. The van der Waals surface area contributed by atoms with Crippen molar-refractivity contribution >= 4 is 53.3 Å². The number of para-hydroxylation sites is 1. The first kappa shape index (κ1) is 28.6. The zero-order valence-electron chi connectivity index (χ0n) is 26.9.